The molecule has 0 aromatic carbocycles. The van der Waals surface area contributed by atoms with Crippen molar-refractivity contribution in [2.75, 3.05) is 17.8 Å². The Bertz CT molecular complexity index is 724. The smallest absolute Gasteiger partial charge is 0.326 e. The molecule has 9 N–H and O–H groups in total. The molecule has 0 rings (SSSR count). The summed E-state index contributed by atoms with van der Waals surface area (Å²) in [6.45, 7) is 0. The fourth-order valence-corrected chi connectivity index (χ4v) is 3.20. The molecule has 4 amide bonds. The van der Waals surface area contributed by atoms with Gasteiger partial charge in [0, 0.05) is 18.6 Å². The summed E-state index contributed by atoms with van der Waals surface area (Å²) < 4.78 is 0. The van der Waals surface area contributed by atoms with E-state index in [4.69, 9.17) is 16.6 Å². The van der Waals surface area contributed by atoms with Crippen molar-refractivity contribution in [3.05, 3.63) is 0 Å². The Balaban J connectivity index is 5.18. The van der Waals surface area contributed by atoms with Crippen LogP contribution in [0.1, 0.15) is 32.1 Å². The number of primary amides is 1. The Morgan fingerprint density at radius 2 is 1.39 bits per heavy atom. The molecular formula is C18H31N5O8S2. The number of rotatable bonds is 17. The van der Waals surface area contributed by atoms with Crippen molar-refractivity contribution >= 4 is 60.0 Å². The third-order valence-electron chi connectivity index (χ3n) is 4.36. The molecule has 15 heteroatoms. The molecule has 0 aromatic heterocycles. The number of hydrogen-bond acceptors (Lipinski definition) is 9. The van der Waals surface area contributed by atoms with Crippen molar-refractivity contribution in [1.82, 2.24) is 16.0 Å². The molecule has 188 valence electrons. The van der Waals surface area contributed by atoms with Crippen molar-refractivity contribution in [1.29, 1.82) is 0 Å². The van der Waals surface area contributed by atoms with Gasteiger partial charge in [0.2, 0.25) is 23.6 Å². The summed E-state index contributed by atoms with van der Waals surface area (Å²) in [7, 11) is 0. The van der Waals surface area contributed by atoms with Crippen molar-refractivity contribution < 1.29 is 39.0 Å². The lowest BCUT2D eigenvalue weighted by atomic mass is 10.1. The number of amides is 4. The number of nitrogens with one attached hydrogen (secondary N) is 3. The van der Waals surface area contributed by atoms with Gasteiger partial charge in [0.1, 0.15) is 18.1 Å². The Morgan fingerprint density at radius 3 is 1.88 bits per heavy atom. The topological polar surface area (TPSA) is 231 Å². The summed E-state index contributed by atoms with van der Waals surface area (Å²) in [4.78, 5) is 70.3. The van der Waals surface area contributed by atoms with Gasteiger partial charge in [-0.05, 0) is 31.3 Å². The van der Waals surface area contributed by atoms with Gasteiger partial charge in [-0.1, -0.05) is 0 Å². The van der Waals surface area contributed by atoms with Crippen LogP contribution in [0.3, 0.4) is 0 Å². The number of carboxylic acids is 2. The van der Waals surface area contributed by atoms with Crippen LogP contribution in [0.4, 0.5) is 0 Å². The van der Waals surface area contributed by atoms with Crippen LogP contribution in [0, 0.1) is 0 Å². The molecule has 0 spiro atoms. The highest BCUT2D eigenvalue weighted by Gasteiger charge is 2.29. The van der Waals surface area contributed by atoms with Crippen molar-refractivity contribution in [3.8, 4) is 0 Å². The maximum Gasteiger partial charge on any atom is 0.326 e. The first-order valence-corrected chi connectivity index (χ1v) is 11.9. The van der Waals surface area contributed by atoms with Crippen LogP contribution < -0.4 is 27.4 Å². The summed E-state index contributed by atoms with van der Waals surface area (Å²) in [6.07, 6.45) is 1.06. The highest BCUT2D eigenvalue weighted by Crippen LogP contribution is 2.05. The van der Waals surface area contributed by atoms with Gasteiger partial charge < -0.3 is 37.6 Å². The maximum absolute atomic E-state index is 12.7. The van der Waals surface area contributed by atoms with Crippen molar-refractivity contribution in [2.24, 2.45) is 11.5 Å². The molecule has 4 unspecified atom stereocenters. The molecule has 0 saturated heterocycles. The first-order valence-electron chi connectivity index (χ1n) is 9.92. The van der Waals surface area contributed by atoms with Gasteiger partial charge in [-0.15, -0.1) is 0 Å². The number of carboxylic acid groups (broad SMARTS) is 2. The molecule has 13 nitrogen and oxygen atoms in total. The Labute approximate surface area is 200 Å². The second kappa shape index (κ2) is 16.1. The van der Waals surface area contributed by atoms with Crippen LogP contribution in [0.2, 0.25) is 0 Å². The second-order valence-electron chi connectivity index (χ2n) is 7.03. The number of nitrogens with two attached hydrogens (primary N) is 2. The van der Waals surface area contributed by atoms with E-state index in [0.29, 0.717) is 5.75 Å². The number of aliphatic carboxylic acids is 2. The van der Waals surface area contributed by atoms with Crippen LogP contribution in [-0.4, -0.2) is 87.7 Å². The summed E-state index contributed by atoms with van der Waals surface area (Å²) in [5, 5.41) is 25.0. The van der Waals surface area contributed by atoms with Crippen LogP contribution in [0.5, 0.6) is 0 Å². The molecule has 0 aliphatic heterocycles. The van der Waals surface area contributed by atoms with E-state index in [-0.39, 0.29) is 31.4 Å². The molecule has 33 heavy (non-hydrogen) atoms. The minimum atomic E-state index is -1.47. The first-order chi connectivity index (χ1) is 15.4. The van der Waals surface area contributed by atoms with E-state index in [2.05, 4.69) is 28.6 Å². The molecule has 4 atom stereocenters. The molecule has 0 aliphatic rings. The number of carbonyl (C=O) groups excluding carboxylic acids is 4. The predicted molar refractivity (Wildman–Crippen MR) is 124 cm³/mol. The molecular weight excluding hydrogens is 478 g/mol. The van der Waals surface area contributed by atoms with Gasteiger partial charge in [-0.3, -0.25) is 24.0 Å². The normalized spacial score (nSPS) is 14.3. The van der Waals surface area contributed by atoms with Crippen LogP contribution >= 0.6 is 24.4 Å². The van der Waals surface area contributed by atoms with Crippen LogP contribution in [0.25, 0.3) is 0 Å². The molecule has 0 aliphatic carbocycles. The predicted octanol–water partition coefficient (Wildman–Crippen LogP) is -2.33. The highest BCUT2D eigenvalue weighted by atomic mass is 32.2. The molecule has 0 saturated carbocycles. The monoisotopic (exact) mass is 509 g/mol. The number of thiol groups is 1. The largest absolute Gasteiger partial charge is 0.481 e. The Morgan fingerprint density at radius 1 is 0.848 bits per heavy atom. The Hall–Kier alpha value is -2.52. The summed E-state index contributed by atoms with van der Waals surface area (Å²) in [5.41, 5.74) is 10.8. The average molecular weight is 510 g/mol. The standard InChI is InChI=1S/C18H31N5O8S2/c1-33-7-6-10(21-15(27)9(19)2-4-13(20)24)16(28)23-12(8-32)17(29)22-11(18(30)31)3-5-14(25)26/h9-12,32H,2-8,19H2,1H3,(H2,20,24)(H,21,27)(H,22,29)(H,23,28)(H,25,26)(H,30,31). The van der Waals surface area contributed by atoms with Gasteiger partial charge >= 0.3 is 11.9 Å². The third-order valence-corrected chi connectivity index (χ3v) is 5.37. The van der Waals surface area contributed by atoms with Gasteiger partial charge in [0.05, 0.1) is 6.04 Å². The quantitative estimate of drug-likeness (QED) is 0.0974. The van der Waals surface area contributed by atoms with Crippen LogP contribution in [0.15, 0.2) is 0 Å². The SMILES string of the molecule is CSCCC(NC(=O)C(N)CCC(N)=O)C(=O)NC(CS)C(=O)NC(CCC(=O)O)C(=O)O. The number of carbonyl (C=O) groups is 6. The van der Waals surface area contributed by atoms with E-state index in [9.17, 15) is 33.9 Å². The Kier molecular flexibility index (Phi) is 14.9. The molecule has 0 bridgehead atoms. The van der Waals surface area contributed by atoms with E-state index in [1.165, 1.54) is 11.8 Å². The first kappa shape index (κ1) is 30.5. The summed E-state index contributed by atoms with van der Waals surface area (Å²) >= 11 is 5.42. The molecule has 0 radical (unpaired) electrons. The molecule has 0 aromatic rings. The van der Waals surface area contributed by atoms with E-state index >= 15 is 0 Å². The van der Waals surface area contributed by atoms with Gasteiger partial charge in [-0.25, -0.2) is 4.79 Å². The lowest BCUT2D eigenvalue weighted by Gasteiger charge is -2.24. The van der Waals surface area contributed by atoms with E-state index in [0.717, 1.165) is 0 Å². The fraction of sp³-hybridized carbons (Fsp3) is 0.667. The third kappa shape index (κ3) is 12.9. The van der Waals surface area contributed by atoms with Crippen LogP contribution in [-0.2, 0) is 28.8 Å². The number of thioether (sulfide) groups is 1. The van der Waals surface area contributed by atoms with E-state index in [1.807, 2.05) is 0 Å². The molecule has 0 heterocycles. The minimum Gasteiger partial charge on any atom is -0.481 e. The fourth-order valence-electron chi connectivity index (χ4n) is 2.48. The zero-order valence-corrected chi connectivity index (χ0v) is 19.8. The number of hydrogen-bond donors (Lipinski definition) is 8. The zero-order chi connectivity index (χ0) is 25.6. The highest BCUT2D eigenvalue weighted by molar-refractivity contribution is 7.98. The lowest BCUT2D eigenvalue weighted by molar-refractivity contribution is -0.143. The molecule has 0 fully saturated rings. The lowest BCUT2D eigenvalue weighted by Crippen LogP contribution is -2.57. The van der Waals surface area contributed by atoms with Gasteiger partial charge in [0.25, 0.3) is 0 Å². The zero-order valence-electron chi connectivity index (χ0n) is 18.1. The van der Waals surface area contributed by atoms with Gasteiger partial charge in [0.15, 0.2) is 0 Å². The van der Waals surface area contributed by atoms with Crippen molar-refractivity contribution in [3.63, 3.8) is 0 Å². The maximum atomic E-state index is 12.7. The van der Waals surface area contributed by atoms with E-state index < -0.39 is 66.2 Å². The summed E-state index contributed by atoms with van der Waals surface area (Å²) in [5.74, 6) is -5.24. The summed E-state index contributed by atoms with van der Waals surface area (Å²) in [6, 6.07) is -4.84. The minimum absolute atomic E-state index is 0.00732. The van der Waals surface area contributed by atoms with Crippen molar-refractivity contribution in [2.45, 2.75) is 56.3 Å². The average Bonchev–Trinajstić information content (AvgIpc) is 2.74. The van der Waals surface area contributed by atoms with E-state index in [1.54, 1.807) is 6.26 Å². The van der Waals surface area contributed by atoms with Gasteiger partial charge in [-0.2, -0.15) is 24.4 Å². The second-order valence-corrected chi connectivity index (χ2v) is 8.38.